The lowest BCUT2D eigenvalue weighted by Crippen LogP contribution is -2.30. The molecule has 0 fully saturated rings. The molecule has 19 heavy (non-hydrogen) atoms. The van der Waals surface area contributed by atoms with Gasteiger partial charge in [-0.1, -0.05) is 18.2 Å². The summed E-state index contributed by atoms with van der Waals surface area (Å²) < 4.78 is 0. The van der Waals surface area contributed by atoms with Crippen molar-refractivity contribution in [1.82, 2.24) is 0 Å². The van der Waals surface area contributed by atoms with Crippen molar-refractivity contribution in [3.8, 4) is 11.1 Å². The van der Waals surface area contributed by atoms with Crippen molar-refractivity contribution in [3.63, 3.8) is 0 Å². The van der Waals surface area contributed by atoms with Gasteiger partial charge in [0, 0.05) is 30.0 Å². The van der Waals surface area contributed by atoms with Crippen molar-refractivity contribution < 1.29 is 0 Å². The van der Waals surface area contributed by atoms with E-state index < -0.39 is 0 Å². The lowest BCUT2D eigenvalue weighted by molar-refractivity contribution is 0.557. The van der Waals surface area contributed by atoms with Gasteiger partial charge in [0.1, 0.15) is 5.56 Å². The van der Waals surface area contributed by atoms with Crippen molar-refractivity contribution in [1.29, 1.82) is 0 Å². The van der Waals surface area contributed by atoms with Crippen LogP contribution in [0.2, 0.25) is 0 Å². The Kier molecular flexibility index (Phi) is 2.53. The number of hydrogen-bond donors (Lipinski definition) is 0. The molecule has 2 aromatic rings. The van der Waals surface area contributed by atoms with Crippen LogP contribution in [0.5, 0.6) is 0 Å². The topological polar surface area (TPSA) is 0 Å². The lowest BCUT2D eigenvalue weighted by atomic mass is 9.62. The zero-order valence-corrected chi connectivity index (χ0v) is 12.5. The summed E-state index contributed by atoms with van der Waals surface area (Å²) >= 11 is 0. The van der Waals surface area contributed by atoms with Crippen molar-refractivity contribution in [2.24, 2.45) is 0 Å². The highest BCUT2D eigenvalue weighted by atomic mass is 14.4. The van der Waals surface area contributed by atoms with E-state index in [2.05, 4.69) is 71.0 Å². The molecule has 0 amide bonds. The first-order valence-electron chi connectivity index (χ1n) is 6.99. The standard InChI is InChI=1S/C19H21/c1-12-8-6-10-15-14(3)19(4,5)16-11-7-9-13(2)18(16)17(12)15/h6-11H,1-5H3/q+1. The Hall–Kier alpha value is -1.69. The molecule has 0 heteroatoms. The predicted octanol–water partition coefficient (Wildman–Crippen LogP) is 5.20. The van der Waals surface area contributed by atoms with Crippen LogP contribution in [0.1, 0.15) is 43.0 Å². The second-order valence-corrected chi connectivity index (χ2v) is 6.24. The van der Waals surface area contributed by atoms with Gasteiger partial charge in [-0.3, -0.25) is 0 Å². The Morgan fingerprint density at radius 2 is 1.42 bits per heavy atom. The van der Waals surface area contributed by atoms with E-state index >= 15 is 0 Å². The molecule has 0 nitrogen and oxygen atoms in total. The second kappa shape index (κ2) is 3.90. The van der Waals surface area contributed by atoms with Crippen LogP contribution in [0, 0.1) is 19.8 Å². The SMILES string of the molecule is Cc1cccc2c1-c1c(C)cccc1C(C)(C)[C+]2C. The van der Waals surface area contributed by atoms with Gasteiger partial charge in [0.05, 0.1) is 11.0 Å². The Morgan fingerprint density at radius 1 is 0.842 bits per heavy atom. The Balaban J connectivity index is 2.46. The van der Waals surface area contributed by atoms with Crippen molar-refractivity contribution >= 4 is 0 Å². The molecule has 1 aliphatic rings. The predicted molar refractivity (Wildman–Crippen MR) is 82.4 cm³/mol. The molecule has 2 aromatic carbocycles. The third-order valence-corrected chi connectivity index (χ3v) is 4.81. The van der Waals surface area contributed by atoms with Crippen LogP contribution in [0.15, 0.2) is 36.4 Å². The van der Waals surface area contributed by atoms with E-state index in [0.717, 1.165) is 0 Å². The van der Waals surface area contributed by atoms with Gasteiger partial charge >= 0.3 is 0 Å². The largest absolute Gasteiger partial charge is 0.141 e. The lowest BCUT2D eigenvalue weighted by Gasteiger charge is -2.35. The van der Waals surface area contributed by atoms with Gasteiger partial charge in [-0.2, -0.15) is 0 Å². The third kappa shape index (κ3) is 1.56. The van der Waals surface area contributed by atoms with Gasteiger partial charge in [0.2, 0.25) is 0 Å². The third-order valence-electron chi connectivity index (χ3n) is 4.81. The first-order valence-corrected chi connectivity index (χ1v) is 6.99. The molecule has 0 atom stereocenters. The zero-order valence-electron chi connectivity index (χ0n) is 12.5. The summed E-state index contributed by atoms with van der Waals surface area (Å²) in [5, 5.41) is 0. The minimum Gasteiger partial charge on any atom is -0.0615 e. The van der Waals surface area contributed by atoms with Crippen LogP contribution in [-0.4, -0.2) is 0 Å². The van der Waals surface area contributed by atoms with E-state index in [1.54, 1.807) is 0 Å². The summed E-state index contributed by atoms with van der Waals surface area (Å²) in [5.41, 5.74) is 8.65. The summed E-state index contributed by atoms with van der Waals surface area (Å²) in [5.74, 6) is 1.48. The van der Waals surface area contributed by atoms with Crippen LogP contribution in [0.25, 0.3) is 11.1 Å². The van der Waals surface area contributed by atoms with Crippen LogP contribution in [0.3, 0.4) is 0 Å². The van der Waals surface area contributed by atoms with Gasteiger partial charge in [0.15, 0.2) is 0 Å². The molecular weight excluding hydrogens is 228 g/mol. The summed E-state index contributed by atoms with van der Waals surface area (Å²) in [6.45, 7) is 11.4. The van der Waals surface area contributed by atoms with Gasteiger partial charge in [-0.15, -0.1) is 0 Å². The van der Waals surface area contributed by atoms with E-state index in [1.165, 1.54) is 39.3 Å². The van der Waals surface area contributed by atoms with Crippen molar-refractivity contribution in [2.75, 3.05) is 0 Å². The van der Waals surface area contributed by atoms with E-state index in [9.17, 15) is 0 Å². The summed E-state index contributed by atoms with van der Waals surface area (Å²) in [6, 6.07) is 13.4. The average Bonchev–Trinajstić information content (AvgIpc) is 2.36. The molecule has 0 heterocycles. The number of benzene rings is 2. The highest BCUT2D eigenvalue weighted by Crippen LogP contribution is 2.51. The Labute approximate surface area is 116 Å². The maximum absolute atomic E-state index is 2.34. The van der Waals surface area contributed by atoms with Crippen LogP contribution in [-0.2, 0) is 5.41 Å². The summed E-state index contributed by atoms with van der Waals surface area (Å²) in [7, 11) is 0. The van der Waals surface area contributed by atoms with Crippen LogP contribution >= 0.6 is 0 Å². The van der Waals surface area contributed by atoms with E-state index in [0.29, 0.717) is 0 Å². The van der Waals surface area contributed by atoms with Gasteiger partial charge in [-0.05, 0) is 51.0 Å². The normalized spacial score (nSPS) is 15.9. The molecule has 0 N–H and O–H groups in total. The average molecular weight is 249 g/mol. The van der Waals surface area contributed by atoms with Gasteiger partial charge in [-0.25, -0.2) is 0 Å². The first kappa shape index (κ1) is 12.3. The summed E-state index contributed by atoms with van der Waals surface area (Å²) in [6.07, 6.45) is 0. The fourth-order valence-corrected chi connectivity index (χ4v) is 3.37. The highest BCUT2D eigenvalue weighted by Gasteiger charge is 2.44. The molecule has 0 aliphatic heterocycles. The minimum atomic E-state index is 0.113. The first-order chi connectivity index (χ1) is 8.94. The van der Waals surface area contributed by atoms with Crippen molar-refractivity contribution in [2.45, 2.75) is 40.0 Å². The monoisotopic (exact) mass is 249 g/mol. The number of aryl methyl sites for hydroxylation is 2. The van der Waals surface area contributed by atoms with Crippen LogP contribution in [0.4, 0.5) is 0 Å². The summed E-state index contributed by atoms with van der Waals surface area (Å²) in [4.78, 5) is 0. The Bertz CT molecular complexity index is 647. The molecule has 1 aliphatic carbocycles. The molecule has 0 bridgehead atoms. The zero-order chi connectivity index (χ0) is 13.8. The molecule has 0 radical (unpaired) electrons. The van der Waals surface area contributed by atoms with E-state index in [1.807, 2.05) is 0 Å². The van der Waals surface area contributed by atoms with E-state index in [4.69, 9.17) is 0 Å². The van der Waals surface area contributed by atoms with Gasteiger partial charge in [0.25, 0.3) is 0 Å². The number of rotatable bonds is 0. The molecule has 0 saturated heterocycles. The molecule has 0 unspecified atom stereocenters. The van der Waals surface area contributed by atoms with Crippen molar-refractivity contribution in [3.05, 3.63) is 64.6 Å². The molecule has 0 spiro atoms. The number of fused-ring (bicyclic) bond motifs is 3. The maximum atomic E-state index is 2.34. The van der Waals surface area contributed by atoms with E-state index in [-0.39, 0.29) is 5.41 Å². The maximum Gasteiger partial charge on any atom is 0.141 e. The Morgan fingerprint density at radius 3 is 2.11 bits per heavy atom. The van der Waals surface area contributed by atoms with Gasteiger partial charge < -0.3 is 0 Å². The molecular formula is C19H21+. The fraction of sp³-hybridized carbons (Fsp3) is 0.316. The molecule has 3 rings (SSSR count). The fourth-order valence-electron chi connectivity index (χ4n) is 3.37. The quantitative estimate of drug-likeness (QED) is 0.563. The number of hydrogen-bond acceptors (Lipinski definition) is 0. The molecule has 0 saturated carbocycles. The smallest absolute Gasteiger partial charge is 0.0615 e. The molecule has 0 aromatic heterocycles. The molecule has 96 valence electrons. The second-order valence-electron chi connectivity index (χ2n) is 6.24. The minimum absolute atomic E-state index is 0.113. The van der Waals surface area contributed by atoms with Crippen LogP contribution < -0.4 is 0 Å². The highest BCUT2D eigenvalue weighted by molar-refractivity contribution is 5.83.